The zero-order valence-corrected chi connectivity index (χ0v) is 16.9. The van der Waals surface area contributed by atoms with Crippen LogP contribution in [-0.2, 0) is 32.4 Å². The fourth-order valence-corrected chi connectivity index (χ4v) is 4.47. The SMILES string of the molecule is O=c1[nH]c(N2CCc3ccccc3C2)nc2c1CCN(Cc1ccc(F)cc1)CC2. The quantitative estimate of drug-likeness (QED) is 0.729. The highest BCUT2D eigenvalue weighted by Gasteiger charge is 2.22. The lowest BCUT2D eigenvalue weighted by Crippen LogP contribution is -2.34. The van der Waals surface area contributed by atoms with Gasteiger partial charge in [0.1, 0.15) is 5.82 Å². The number of nitrogens with zero attached hydrogens (tertiary/aromatic N) is 3. The van der Waals surface area contributed by atoms with E-state index in [0.29, 0.717) is 12.4 Å². The molecule has 0 radical (unpaired) electrons. The van der Waals surface area contributed by atoms with Gasteiger partial charge in [0.15, 0.2) is 0 Å². The number of nitrogens with one attached hydrogen (secondary N) is 1. The predicted octanol–water partition coefficient (Wildman–Crippen LogP) is 3.07. The summed E-state index contributed by atoms with van der Waals surface area (Å²) >= 11 is 0. The van der Waals surface area contributed by atoms with Crippen LogP contribution in [0.15, 0.2) is 53.3 Å². The number of hydrogen-bond acceptors (Lipinski definition) is 4. The van der Waals surface area contributed by atoms with Gasteiger partial charge < -0.3 is 4.90 Å². The van der Waals surface area contributed by atoms with Gasteiger partial charge in [-0.3, -0.25) is 14.7 Å². The van der Waals surface area contributed by atoms with Gasteiger partial charge in [-0.05, 0) is 41.7 Å². The largest absolute Gasteiger partial charge is 0.338 e. The van der Waals surface area contributed by atoms with Gasteiger partial charge in [-0.25, -0.2) is 9.37 Å². The van der Waals surface area contributed by atoms with Crippen molar-refractivity contribution in [2.45, 2.75) is 32.4 Å². The molecule has 0 amide bonds. The molecule has 3 heterocycles. The third-order valence-electron chi connectivity index (χ3n) is 6.18. The summed E-state index contributed by atoms with van der Waals surface area (Å²) in [6.07, 6.45) is 2.39. The summed E-state index contributed by atoms with van der Waals surface area (Å²) in [5, 5.41) is 0. The Bertz CT molecular complexity index is 1110. The fraction of sp³-hybridized carbons (Fsp3) is 0.333. The average molecular weight is 404 g/mol. The van der Waals surface area contributed by atoms with Crippen LogP contribution in [0.4, 0.5) is 10.3 Å². The van der Waals surface area contributed by atoms with Crippen LogP contribution in [0.5, 0.6) is 0 Å². The number of rotatable bonds is 3. The van der Waals surface area contributed by atoms with Gasteiger partial charge in [-0.2, -0.15) is 0 Å². The van der Waals surface area contributed by atoms with Gasteiger partial charge in [0, 0.05) is 44.7 Å². The minimum Gasteiger partial charge on any atom is -0.338 e. The molecule has 0 bridgehead atoms. The van der Waals surface area contributed by atoms with E-state index in [1.165, 1.54) is 23.3 Å². The Hall–Kier alpha value is -2.99. The molecule has 0 spiro atoms. The monoisotopic (exact) mass is 404 g/mol. The molecule has 6 heteroatoms. The molecule has 2 aliphatic heterocycles. The Balaban J connectivity index is 1.33. The zero-order valence-electron chi connectivity index (χ0n) is 16.9. The molecule has 2 aliphatic rings. The number of aromatic nitrogens is 2. The predicted molar refractivity (Wildman–Crippen MR) is 115 cm³/mol. The van der Waals surface area contributed by atoms with E-state index in [0.717, 1.165) is 62.4 Å². The molecule has 0 unspecified atom stereocenters. The van der Waals surface area contributed by atoms with E-state index in [4.69, 9.17) is 4.98 Å². The lowest BCUT2D eigenvalue weighted by atomic mass is 10.0. The lowest BCUT2D eigenvalue weighted by molar-refractivity contribution is 0.278. The van der Waals surface area contributed by atoms with Gasteiger partial charge >= 0.3 is 0 Å². The number of hydrogen-bond donors (Lipinski definition) is 1. The highest BCUT2D eigenvalue weighted by atomic mass is 19.1. The van der Waals surface area contributed by atoms with Crippen molar-refractivity contribution in [3.63, 3.8) is 0 Å². The van der Waals surface area contributed by atoms with E-state index in [-0.39, 0.29) is 11.4 Å². The molecule has 1 aromatic heterocycles. The summed E-state index contributed by atoms with van der Waals surface area (Å²) in [5.41, 5.74) is 5.45. The van der Waals surface area contributed by atoms with E-state index >= 15 is 0 Å². The summed E-state index contributed by atoms with van der Waals surface area (Å²) in [4.78, 5) is 25.2. The number of benzene rings is 2. The molecule has 5 rings (SSSR count). The Labute approximate surface area is 175 Å². The van der Waals surface area contributed by atoms with Crippen molar-refractivity contribution in [1.82, 2.24) is 14.9 Å². The highest BCUT2D eigenvalue weighted by molar-refractivity contribution is 5.41. The second-order valence-electron chi connectivity index (χ2n) is 8.16. The normalized spacial score (nSPS) is 16.6. The number of anilines is 1. The summed E-state index contributed by atoms with van der Waals surface area (Å²) in [7, 11) is 0. The molecule has 0 atom stereocenters. The van der Waals surface area contributed by atoms with Crippen LogP contribution in [0.1, 0.15) is 27.9 Å². The van der Waals surface area contributed by atoms with Crippen molar-refractivity contribution in [2.24, 2.45) is 0 Å². The minimum absolute atomic E-state index is 0.0162. The van der Waals surface area contributed by atoms with E-state index in [1.807, 2.05) is 12.1 Å². The van der Waals surface area contributed by atoms with Crippen LogP contribution in [0, 0.1) is 5.82 Å². The van der Waals surface area contributed by atoms with Crippen molar-refractivity contribution >= 4 is 5.95 Å². The molecule has 2 aromatic carbocycles. The van der Waals surface area contributed by atoms with Gasteiger partial charge in [-0.15, -0.1) is 0 Å². The Morgan fingerprint density at radius 1 is 0.933 bits per heavy atom. The fourth-order valence-electron chi connectivity index (χ4n) is 4.47. The smallest absolute Gasteiger partial charge is 0.255 e. The average Bonchev–Trinajstić information content (AvgIpc) is 2.98. The Kier molecular flexibility index (Phi) is 5.09. The van der Waals surface area contributed by atoms with E-state index in [1.54, 1.807) is 0 Å². The number of aromatic amines is 1. The van der Waals surface area contributed by atoms with Crippen molar-refractivity contribution in [3.05, 3.63) is 92.6 Å². The molecule has 30 heavy (non-hydrogen) atoms. The van der Waals surface area contributed by atoms with Gasteiger partial charge in [-0.1, -0.05) is 36.4 Å². The maximum Gasteiger partial charge on any atom is 0.255 e. The minimum atomic E-state index is -0.217. The van der Waals surface area contributed by atoms with Gasteiger partial charge in [0.05, 0.1) is 5.69 Å². The standard InChI is InChI=1S/C24H25FN4O/c25-20-7-5-17(6-8-20)15-28-12-10-21-22(11-13-28)26-24(27-23(21)30)29-14-9-18-3-1-2-4-19(18)16-29/h1-8H,9-16H2,(H,26,27,30). The lowest BCUT2D eigenvalue weighted by Gasteiger charge is -2.29. The molecule has 0 aliphatic carbocycles. The molecule has 1 N–H and O–H groups in total. The topological polar surface area (TPSA) is 52.2 Å². The van der Waals surface area contributed by atoms with Crippen molar-refractivity contribution in [1.29, 1.82) is 0 Å². The van der Waals surface area contributed by atoms with E-state index in [9.17, 15) is 9.18 Å². The molecular weight excluding hydrogens is 379 g/mol. The first kappa shape index (κ1) is 19.0. The third-order valence-corrected chi connectivity index (χ3v) is 6.18. The Morgan fingerprint density at radius 2 is 1.70 bits per heavy atom. The summed E-state index contributed by atoms with van der Waals surface area (Å²) in [6.45, 7) is 4.01. The Morgan fingerprint density at radius 3 is 2.53 bits per heavy atom. The first-order valence-corrected chi connectivity index (χ1v) is 10.6. The molecule has 0 fully saturated rings. The number of H-pyrrole nitrogens is 1. The molecule has 3 aromatic rings. The molecular formula is C24H25FN4O. The highest BCUT2D eigenvalue weighted by Crippen LogP contribution is 2.22. The number of halogens is 1. The van der Waals surface area contributed by atoms with Gasteiger partial charge in [0.25, 0.3) is 5.56 Å². The molecule has 0 saturated carbocycles. The second kappa shape index (κ2) is 8.03. The summed E-state index contributed by atoms with van der Waals surface area (Å²) in [5.74, 6) is 0.464. The van der Waals surface area contributed by atoms with Crippen molar-refractivity contribution in [3.8, 4) is 0 Å². The van der Waals surface area contributed by atoms with Crippen molar-refractivity contribution in [2.75, 3.05) is 24.5 Å². The maximum atomic E-state index is 13.2. The van der Waals surface area contributed by atoms with E-state index < -0.39 is 0 Å². The van der Waals surface area contributed by atoms with Crippen LogP contribution in [-0.4, -0.2) is 34.5 Å². The molecule has 154 valence electrons. The first-order chi connectivity index (χ1) is 14.7. The first-order valence-electron chi connectivity index (χ1n) is 10.6. The third kappa shape index (κ3) is 3.87. The van der Waals surface area contributed by atoms with Crippen LogP contribution in [0.25, 0.3) is 0 Å². The second-order valence-corrected chi connectivity index (χ2v) is 8.16. The number of fused-ring (bicyclic) bond motifs is 2. The summed E-state index contributed by atoms with van der Waals surface area (Å²) < 4.78 is 13.2. The van der Waals surface area contributed by atoms with Crippen LogP contribution >= 0.6 is 0 Å². The molecule has 0 saturated heterocycles. The van der Waals surface area contributed by atoms with Crippen molar-refractivity contribution < 1.29 is 4.39 Å². The van der Waals surface area contributed by atoms with Crippen LogP contribution in [0.2, 0.25) is 0 Å². The summed E-state index contributed by atoms with van der Waals surface area (Å²) in [6, 6.07) is 15.1. The maximum absolute atomic E-state index is 13.2. The molecule has 5 nitrogen and oxygen atoms in total. The van der Waals surface area contributed by atoms with E-state index in [2.05, 4.69) is 39.0 Å². The van der Waals surface area contributed by atoms with Crippen LogP contribution < -0.4 is 10.5 Å². The van der Waals surface area contributed by atoms with Gasteiger partial charge in [0.2, 0.25) is 5.95 Å². The van der Waals surface area contributed by atoms with Crippen LogP contribution in [0.3, 0.4) is 0 Å². The zero-order chi connectivity index (χ0) is 20.5.